The van der Waals surface area contributed by atoms with Crippen molar-refractivity contribution in [2.75, 3.05) is 0 Å². The topological polar surface area (TPSA) is 20.2 Å². The van der Waals surface area contributed by atoms with Crippen LogP contribution < -0.4 is 0 Å². The van der Waals surface area contributed by atoms with E-state index in [0.717, 1.165) is 5.56 Å². The number of rotatable bonds is 2. The molecule has 0 radical (unpaired) electrons. The van der Waals surface area contributed by atoms with E-state index in [1.54, 1.807) is 0 Å². The van der Waals surface area contributed by atoms with Crippen LogP contribution in [0.15, 0.2) is 79.4 Å². The lowest BCUT2D eigenvalue weighted by molar-refractivity contribution is 0.229. The molecule has 82 valence electrons. The Morgan fingerprint density at radius 3 is 1.56 bits per heavy atom. The summed E-state index contributed by atoms with van der Waals surface area (Å²) in [5, 5.41) is 9.21. The Hall–Kier alpha value is -1.86. The highest BCUT2D eigenvalue weighted by atomic mass is 16.3. The molecule has 2 rings (SSSR count). The highest BCUT2D eigenvalue weighted by molar-refractivity contribution is 5.19. The van der Waals surface area contributed by atoms with Crippen molar-refractivity contribution in [3.63, 3.8) is 0 Å². The molecular formula is C15H16O. The zero-order valence-corrected chi connectivity index (χ0v) is 9.16. The quantitative estimate of drug-likeness (QED) is 0.754. The molecule has 0 spiro atoms. The molecule has 1 N–H and O–H groups in total. The third kappa shape index (κ3) is 4.58. The summed E-state index contributed by atoms with van der Waals surface area (Å²) in [6.07, 6.45) is 0.983. The van der Waals surface area contributed by atoms with Gasteiger partial charge in [0.1, 0.15) is 0 Å². The number of aliphatic hydroxyl groups excluding tert-OH is 1. The SMILES string of the molecule is C=CC(O)c1ccccc1.c1ccccc1. The van der Waals surface area contributed by atoms with Crippen LogP contribution in [-0.2, 0) is 0 Å². The lowest BCUT2D eigenvalue weighted by Crippen LogP contribution is -1.90. The molecule has 0 aliphatic heterocycles. The molecule has 0 fully saturated rings. The van der Waals surface area contributed by atoms with Crippen LogP contribution in [0.1, 0.15) is 11.7 Å². The first kappa shape index (κ1) is 12.2. The summed E-state index contributed by atoms with van der Waals surface area (Å²) < 4.78 is 0. The fraction of sp³-hybridized carbons (Fsp3) is 0.0667. The fourth-order valence-corrected chi connectivity index (χ4v) is 1.17. The average Bonchev–Trinajstić information content (AvgIpc) is 2.41. The Morgan fingerprint density at radius 2 is 1.19 bits per heavy atom. The zero-order valence-electron chi connectivity index (χ0n) is 9.16. The third-order valence-electron chi connectivity index (χ3n) is 2.03. The van der Waals surface area contributed by atoms with Crippen molar-refractivity contribution in [1.29, 1.82) is 0 Å². The molecule has 2 aromatic rings. The van der Waals surface area contributed by atoms with E-state index in [2.05, 4.69) is 6.58 Å². The van der Waals surface area contributed by atoms with Crippen LogP contribution in [0.5, 0.6) is 0 Å². The Morgan fingerprint density at radius 1 is 0.812 bits per heavy atom. The van der Waals surface area contributed by atoms with Crippen LogP contribution in [0, 0.1) is 0 Å². The standard InChI is InChI=1S/C9H10O.C6H6/c1-2-9(10)8-6-4-3-5-7-8;1-2-4-6-5-3-1/h2-7,9-10H,1H2;1-6H. The van der Waals surface area contributed by atoms with Crippen LogP contribution in [0.3, 0.4) is 0 Å². The van der Waals surface area contributed by atoms with Gasteiger partial charge in [0.05, 0.1) is 6.10 Å². The van der Waals surface area contributed by atoms with Crippen molar-refractivity contribution in [2.24, 2.45) is 0 Å². The molecule has 2 aromatic carbocycles. The van der Waals surface area contributed by atoms with Crippen molar-refractivity contribution in [1.82, 2.24) is 0 Å². The van der Waals surface area contributed by atoms with Gasteiger partial charge in [-0.1, -0.05) is 72.8 Å². The maximum absolute atomic E-state index is 9.21. The maximum Gasteiger partial charge on any atom is 0.0969 e. The molecule has 0 aromatic heterocycles. The van der Waals surface area contributed by atoms with E-state index in [-0.39, 0.29) is 0 Å². The lowest BCUT2D eigenvalue weighted by Gasteiger charge is -2.02. The number of hydrogen-bond donors (Lipinski definition) is 1. The van der Waals surface area contributed by atoms with Gasteiger partial charge in [-0.25, -0.2) is 0 Å². The highest BCUT2D eigenvalue weighted by Crippen LogP contribution is 2.11. The molecule has 0 aliphatic rings. The van der Waals surface area contributed by atoms with Crippen molar-refractivity contribution < 1.29 is 5.11 Å². The Bertz CT molecular complexity index is 354. The normalized spacial score (nSPS) is 10.8. The monoisotopic (exact) mass is 212 g/mol. The first-order chi connectivity index (χ1) is 7.84. The minimum atomic E-state index is -0.527. The van der Waals surface area contributed by atoms with Gasteiger partial charge in [0.25, 0.3) is 0 Å². The molecule has 1 heteroatoms. The van der Waals surface area contributed by atoms with Crippen molar-refractivity contribution in [3.8, 4) is 0 Å². The first-order valence-electron chi connectivity index (χ1n) is 5.20. The first-order valence-corrected chi connectivity index (χ1v) is 5.20. The molecule has 1 atom stereocenters. The van der Waals surface area contributed by atoms with Gasteiger partial charge in [-0.2, -0.15) is 0 Å². The van der Waals surface area contributed by atoms with Gasteiger partial charge in [-0.3, -0.25) is 0 Å². The van der Waals surface area contributed by atoms with Gasteiger partial charge in [0, 0.05) is 0 Å². The number of benzene rings is 2. The number of aliphatic hydroxyl groups is 1. The van der Waals surface area contributed by atoms with Crippen LogP contribution in [0.4, 0.5) is 0 Å². The van der Waals surface area contributed by atoms with Gasteiger partial charge in [-0.05, 0) is 5.56 Å². The summed E-state index contributed by atoms with van der Waals surface area (Å²) in [5.74, 6) is 0. The molecule has 0 amide bonds. The minimum Gasteiger partial charge on any atom is -0.384 e. The second kappa shape index (κ2) is 7.43. The second-order valence-corrected chi connectivity index (χ2v) is 3.25. The highest BCUT2D eigenvalue weighted by Gasteiger charge is 1.98. The predicted octanol–water partition coefficient (Wildman–Crippen LogP) is 3.59. The van der Waals surface area contributed by atoms with E-state index in [9.17, 15) is 5.11 Å². The molecule has 0 heterocycles. The summed E-state index contributed by atoms with van der Waals surface area (Å²) in [7, 11) is 0. The zero-order chi connectivity index (χ0) is 11.6. The largest absolute Gasteiger partial charge is 0.384 e. The van der Waals surface area contributed by atoms with Crippen LogP contribution in [0.25, 0.3) is 0 Å². The molecule has 0 bridgehead atoms. The summed E-state index contributed by atoms with van der Waals surface area (Å²) in [5.41, 5.74) is 0.887. The summed E-state index contributed by atoms with van der Waals surface area (Å²) in [4.78, 5) is 0. The average molecular weight is 212 g/mol. The van der Waals surface area contributed by atoms with Crippen molar-refractivity contribution >= 4 is 0 Å². The van der Waals surface area contributed by atoms with E-state index in [4.69, 9.17) is 0 Å². The van der Waals surface area contributed by atoms with E-state index < -0.39 is 6.10 Å². The minimum absolute atomic E-state index is 0.527. The van der Waals surface area contributed by atoms with E-state index in [0.29, 0.717) is 0 Å². The van der Waals surface area contributed by atoms with Gasteiger partial charge in [0.2, 0.25) is 0 Å². The molecular weight excluding hydrogens is 196 g/mol. The Balaban J connectivity index is 0.000000181. The Kier molecular flexibility index (Phi) is 5.67. The maximum atomic E-state index is 9.21. The molecule has 1 nitrogen and oxygen atoms in total. The van der Waals surface area contributed by atoms with E-state index in [1.165, 1.54) is 6.08 Å². The van der Waals surface area contributed by atoms with Crippen molar-refractivity contribution in [3.05, 3.63) is 84.9 Å². The second-order valence-electron chi connectivity index (χ2n) is 3.25. The van der Waals surface area contributed by atoms with Crippen molar-refractivity contribution in [2.45, 2.75) is 6.10 Å². The summed E-state index contributed by atoms with van der Waals surface area (Å²) in [6, 6.07) is 21.4. The number of hydrogen-bond acceptors (Lipinski definition) is 1. The lowest BCUT2D eigenvalue weighted by atomic mass is 10.1. The van der Waals surface area contributed by atoms with Crippen LogP contribution >= 0.6 is 0 Å². The van der Waals surface area contributed by atoms with Gasteiger partial charge >= 0.3 is 0 Å². The molecule has 0 aliphatic carbocycles. The van der Waals surface area contributed by atoms with E-state index >= 15 is 0 Å². The summed E-state index contributed by atoms with van der Waals surface area (Å²) in [6.45, 7) is 3.49. The molecule has 16 heavy (non-hydrogen) atoms. The van der Waals surface area contributed by atoms with Gasteiger partial charge in [-0.15, -0.1) is 6.58 Å². The van der Waals surface area contributed by atoms with Crippen LogP contribution in [-0.4, -0.2) is 5.11 Å². The summed E-state index contributed by atoms with van der Waals surface area (Å²) >= 11 is 0. The molecule has 0 saturated heterocycles. The van der Waals surface area contributed by atoms with Gasteiger partial charge in [0.15, 0.2) is 0 Å². The molecule has 0 saturated carbocycles. The third-order valence-corrected chi connectivity index (χ3v) is 2.03. The molecule has 1 unspecified atom stereocenters. The predicted molar refractivity (Wildman–Crippen MR) is 68.0 cm³/mol. The Labute approximate surface area is 96.7 Å². The van der Waals surface area contributed by atoms with Gasteiger partial charge < -0.3 is 5.11 Å². The smallest absolute Gasteiger partial charge is 0.0969 e. The van der Waals surface area contributed by atoms with Crippen LogP contribution in [0.2, 0.25) is 0 Å². The fourth-order valence-electron chi connectivity index (χ4n) is 1.17. The van der Waals surface area contributed by atoms with E-state index in [1.807, 2.05) is 66.7 Å².